The number of carbonyl (C=O) groups excluding carboxylic acids is 1. The third-order valence-corrected chi connectivity index (χ3v) is 7.90. The zero-order valence-electron chi connectivity index (χ0n) is 17.5. The van der Waals surface area contributed by atoms with Crippen molar-refractivity contribution in [3.05, 3.63) is 63.5 Å². The first-order chi connectivity index (χ1) is 15.2. The summed E-state index contributed by atoms with van der Waals surface area (Å²) in [5.74, 6) is 2.16. The standard InChI is InChI=1S/C23H25N5O2S/c1-14-25-26-19-13-24-21(15-5-3-2-4-6-15)20-17-11-16(12-18(17)31-23(20)28(14)19)22(29)27-7-9-30-10-8-27/h2-6,16,21,24H,7-13H2,1H3/t16-,21+/m0/s1. The molecule has 3 aliphatic rings. The fourth-order valence-electron chi connectivity index (χ4n) is 5.13. The van der Waals surface area contributed by atoms with Crippen LogP contribution < -0.4 is 5.32 Å². The molecule has 1 saturated heterocycles. The molecule has 0 unspecified atom stereocenters. The second-order valence-electron chi connectivity index (χ2n) is 8.49. The lowest BCUT2D eigenvalue weighted by molar-refractivity contribution is -0.139. The number of aromatic nitrogens is 3. The largest absolute Gasteiger partial charge is 0.378 e. The van der Waals surface area contributed by atoms with Crippen molar-refractivity contribution in [2.75, 3.05) is 26.3 Å². The molecule has 2 aromatic heterocycles. The Kier molecular flexibility index (Phi) is 4.66. The lowest BCUT2D eigenvalue weighted by atomic mass is 9.95. The molecule has 1 aromatic carbocycles. The second kappa shape index (κ2) is 7.55. The monoisotopic (exact) mass is 435 g/mol. The number of hydrogen-bond donors (Lipinski definition) is 1. The molecule has 4 heterocycles. The van der Waals surface area contributed by atoms with Crippen LogP contribution in [0.5, 0.6) is 0 Å². The Balaban J connectivity index is 1.41. The summed E-state index contributed by atoms with van der Waals surface area (Å²) in [6.45, 7) is 5.37. The number of ether oxygens (including phenoxy) is 1. The van der Waals surface area contributed by atoms with E-state index in [2.05, 4.69) is 50.4 Å². The number of thiophene rings is 1. The van der Waals surface area contributed by atoms with Gasteiger partial charge in [0.2, 0.25) is 5.91 Å². The van der Waals surface area contributed by atoms with Gasteiger partial charge in [-0.3, -0.25) is 14.7 Å². The van der Waals surface area contributed by atoms with Gasteiger partial charge in [0, 0.05) is 29.4 Å². The molecule has 160 valence electrons. The van der Waals surface area contributed by atoms with Crippen LogP contribution in [0.1, 0.15) is 39.3 Å². The zero-order valence-corrected chi connectivity index (χ0v) is 18.3. The van der Waals surface area contributed by atoms with E-state index in [1.165, 1.54) is 26.6 Å². The molecule has 2 aliphatic heterocycles. The summed E-state index contributed by atoms with van der Waals surface area (Å²) in [5, 5.41) is 13.7. The second-order valence-corrected chi connectivity index (χ2v) is 9.57. The lowest BCUT2D eigenvalue weighted by Crippen LogP contribution is -2.44. The fraction of sp³-hybridized carbons (Fsp3) is 0.435. The lowest BCUT2D eigenvalue weighted by Gasteiger charge is -2.29. The van der Waals surface area contributed by atoms with Crippen molar-refractivity contribution in [2.24, 2.45) is 5.92 Å². The quantitative estimate of drug-likeness (QED) is 0.669. The van der Waals surface area contributed by atoms with Crippen LogP contribution in [0.2, 0.25) is 0 Å². The van der Waals surface area contributed by atoms with Crippen molar-refractivity contribution < 1.29 is 9.53 Å². The Hall–Kier alpha value is -2.55. The number of aryl methyl sites for hydroxylation is 1. The SMILES string of the molecule is Cc1nnc2n1-c1sc3c(c1[C@@H](c1ccccc1)NC2)C[C@H](C(=O)N1CCOCC1)C3. The van der Waals surface area contributed by atoms with Crippen LogP contribution in [0, 0.1) is 12.8 Å². The van der Waals surface area contributed by atoms with Gasteiger partial charge in [-0.05, 0) is 30.9 Å². The molecule has 3 aromatic rings. The van der Waals surface area contributed by atoms with Crippen LogP contribution in [0.4, 0.5) is 0 Å². The number of nitrogens with one attached hydrogen (secondary N) is 1. The van der Waals surface area contributed by atoms with E-state index in [0.717, 1.165) is 24.5 Å². The van der Waals surface area contributed by atoms with Gasteiger partial charge in [-0.15, -0.1) is 21.5 Å². The van der Waals surface area contributed by atoms with E-state index < -0.39 is 0 Å². The molecule has 2 atom stereocenters. The highest BCUT2D eigenvalue weighted by Gasteiger charge is 2.39. The highest BCUT2D eigenvalue weighted by atomic mass is 32.1. The summed E-state index contributed by atoms with van der Waals surface area (Å²) in [7, 11) is 0. The van der Waals surface area contributed by atoms with Crippen molar-refractivity contribution in [3.8, 4) is 5.00 Å². The molecule has 0 bridgehead atoms. The molecule has 31 heavy (non-hydrogen) atoms. The molecule has 0 spiro atoms. The molecule has 1 aliphatic carbocycles. The average molecular weight is 436 g/mol. The maximum Gasteiger partial charge on any atom is 0.226 e. The predicted octanol–water partition coefficient (Wildman–Crippen LogP) is 2.40. The highest BCUT2D eigenvalue weighted by Crippen LogP contribution is 2.46. The van der Waals surface area contributed by atoms with Crippen LogP contribution in [0.3, 0.4) is 0 Å². The predicted molar refractivity (Wildman–Crippen MR) is 117 cm³/mol. The van der Waals surface area contributed by atoms with E-state index in [9.17, 15) is 4.79 Å². The molecule has 0 radical (unpaired) electrons. The number of carbonyl (C=O) groups is 1. The van der Waals surface area contributed by atoms with Crippen molar-refractivity contribution in [2.45, 2.75) is 32.4 Å². The maximum absolute atomic E-state index is 13.2. The minimum Gasteiger partial charge on any atom is -0.378 e. The van der Waals surface area contributed by atoms with Gasteiger partial charge < -0.3 is 9.64 Å². The topological polar surface area (TPSA) is 72.3 Å². The third kappa shape index (κ3) is 3.12. The fourth-order valence-corrected chi connectivity index (χ4v) is 6.65. The molecular weight excluding hydrogens is 410 g/mol. The first-order valence-electron chi connectivity index (χ1n) is 10.9. The average Bonchev–Trinajstić information content (AvgIpc) is 3.45. The number of amides is 1. The van der Waals surface area contributed by atoms with Crippen molar-refractivity contribution in [1.82, 2.24) is 25.0 Å². The molecule has 7 nitrogen and oxygen atoms in total. The minimum absolute atomic E-state index is 0.0332. The number of fused-ring (bicyclic) bond motifs is 5. The Labute approximate surface area is 185 Å². The Morgan fingerprint density at radius 3 is 2.77 bits per heavy atom. The summed E-state index contributed by atoms with van der Waals surface area (Å²) in [5.41, 5.74) is 3.88. The number of morpholine rings is 1. The Morgan fingerprint density at radius 1 is 1.16 bits per heavy atom. The number of nitrogens with zero attached hydrogens (tertiary/aromatic N) is 4. The van der Waals surface area contributed by atoms with Crippen LogP contribution >= 0.6 is 11.3 Å². The van der Waals surface area contributed by atoms with Crippen LogP contribution in [0.25, 0.3) is 5.00 Å². The van der Waals surface area contributed by atoms with E-state index in [-0.39, 0.29) is 17.9 Å². The zero-order chi connectivity index (χ0) is 20.9. The van der Waals surface area contributed by atoms with Crippen molar-refractivity contribution in [3.63, 3.8) is 0 Å². The summed E-state index contributed by atoms with van der Waals surface area (Å²) >= 11 is 1.81. The summed E-state index contributed by atoms with van der Waals surface area (Å²) < 4.78 is 7.63. The number of hydrogen-bond acceptors (Lipinski definition) is 6. The normalized spacial score (nSPS) is 22.5. The van der Waals surface area contributed by atoms with Gasteiger partial charge in [-0.1, -0.05) is 30.3 Å². The van der Waals surface area contributed by atoms with E-state index in [1.54, 1.807) is 0 Å². The smallest absolute Gasteiger partial charge is 0.226 e. The van der Waals surface area contributed by atoms with Gasteiger partial charge >= 0.3 is 0 Å². The first-order valence-corrected chi connectivity index (χ1v) is 11.7. The molecule has 8 heteroatoms. The van der Waals surface area contributed by atoms with Crippen molar-refractivity contribution >= 4 is 17.2 Å². The Bertz CT molecular complexity index is 1130. The number of benzene rings is 1. The molecule has 0 saturated carbocycles. The van der Waals surface area contributed by atoms with Crippen LogP contribution in [-0.2, 0) is 28.9 Å². The molecule has 1 amide bonds. The molecule has 1 fully saturated rings. The van der Waals surface area contributed by atoms with Gasteiger partial charge in [0.05, 0.1) is 25.8 Å². The summed E-state index contributed by atoms with van der Waals surface area (Å²) in [6, 6.07) is 10.7. The van der Waals surface area contributed by atoms with E-state index in [0.29, 0.717) is 32.8 Å². The molecule has 6 rings (SSSR count). The van der Waals surface area contributed by atoms with Gasteiger partial charge in [0.15, 0.2) is 5.82 Å². The Morgan fingerprint density at radius 2 is 1.97 bits per heavy atom. The third-order valence-electron chi connectivity index (χ3n) is 6.65. The van der Waals surface area contributed by atoms with Gasteiger partial charge in [0.1, 0.15) is 10.8 Å². The van der Waals surface area contributed by atoms with Gasteiger partial charge in [0.25, 0.3) is 0 Å². The van der Waals surface area contributed by atoms with Crippen molar-refractivity contribution in [1.29, 1.82) is 0 Å². The highest BCUT2D eigenvalue weighted by molar-refractivity contribution is 7.15. The first kappa shape index (κ1) is 19.2. The van der Waals surface area contributed by atoms with E-state index in [4.69, 9.17) is 4.74 Å². The minimum atomic E-state index is 0.0332. The maximum atomic E-state index is 13.2. The summed E-state index contributed by atoms with van der Waals surface area (Å²) in [4.78, 5) is 16.5. The van der Waals surface area contributed by atoms with Gasteiger partial charge in [-0.2, -0.15) is 0 Å². The number of rotatable bonds is 2. The van der Waals surface area contributed by atoms with E-state index >= 15 is 0 Å². The van der Waals surface area contributed by atoms with Gasteiger partial charge in [-0.25, -0.2) is 0 Å². The molecule has 1 N–H and O–H groups in total. The molecular formula is C23H25N5O2S. The summed E-state index contributed by atoms with van der Waals surface area (Å²) in [6.07, 6.45) is 1.63. The van der Waals surface area contributed by atoms with Crippen LogP contribution in [-0.4, -0.2) is 51.9 Å². The van der Waals surface area contributed by atoms with E-state index in [1.807, 2.05) is 23.2 Å². The van der Waals surface area contributed by atoms with Crippen LogP contribution in [0.15, 0.2) is 30.3 Å².